The molecule has 0 spiro atoms. The summed E-state index contributed by atoms with van der Waals surface area (Å²) < 4.78 is 11.8. The number of rotatable bonds is 11. The van der Waals surface area contributed by atoms with Crippen LogP contribution in [0.3, 0.4) is 0 Å². The van der Waals surface area contributed by atoms with E-state index >= 15 is 0 Å². The maximum absolute atomic E-state index is 13.2. The van der Waals surface area contributed by atoms with E-state index in [4.69, 9.17) is 9.47 Å². The van der Waals surface area contributed by atoms with Gasteiger partial charge in [0.05, 0.1) is 14.2 Å². The number of methoxy groups -OCH3 is 2. The van der Waals surface area contributed by atoms with Crippen LogP contribution in [0.5, 0.6) is 11.5 Å². The van der Waals surface area contributed by atoms with E-state index < -0.39 is 7.92 Å². The van der Waals surface area contributed by atoms with Crippen molar-refractivity contribution in [2.75, 3.05) is 14.2 Å². The molecule has 0 N–H and O–H groups in total. The Kier molecular flexibility index (Phi) is 12.4. The highest BCUT2D eigenvalue weighted by atomic mass is 31.1. The van der Waals surface area contributed by atoms with Crippen LogP contribution in [-0.4, -0.2) is 31.3 Å². The summed E-state index contributed by atoms with van der Waals surface area (Å²) >= 11 is 0. The Hall–Kier alpha value is -4.20. The number of benzene rings is 5. The smallest absolute Gasteiger partial charge is 0.134 e. The average molecular weight is 753 g/mol. The number of Topliss-reactive ketones (excluding diaryl/α,β-unsaturated/α-hetero) is 1. The zero-order chi connectivity index (χ0) is 39.7. The van der Waals surface area contributed by atoms with Gasteiger partial charge in [-0.05, 0) is 108 Å². The normalized spacial score (nSPS) is 17.5. The lowest BCUT2D eigenvalue weighted by Crippen LogP contribution is -2.31. The van der Waals surface area contributed by atoms with Crippen molar-refractivity contribution in [2.24, 2.45) is 0 Å². The number of hydrogen-bond donors (Lipinski definition) is 0. The molecule has 1 saturated heterocycles. The molecule has 0 aromatic heterocycles. The second-order valence-electron chi connectivity index (χ2n) is 16.8. The van der Waals surface area contributed by atoms with Crippen LogP contribution in [-0.2, 0) is 4.79 Å². The van der Waals surface area contributed by atoms with Gasteiger partial charge in [0.1, 0.15) is 17.3 Å². The topological polar surface area (TPSA) is 35.5 Å². The van der Waals surface area contributed by atoms with Crippen molar-refractivity contribution in [2.45, 2.75) is 117 Å². The molecular weight excluding hydrogens is 692 g/mol. The molecular formula is C51H61O3P. The minimum Gasteiger partial charge on any atom is -0.496 e. The number of para-hydroxylation sites is 2. The van der Waals surface area contributed by atoms with E-state index in [9.17, 15) is 4.79 Å². The number of ether oxygens (including phenoxy) is 2. The molecule has 55 heavy (non-hydrogen) atoms. The third-order valence-electron chi connectivity index (χ3n) is 11.6. The van der Waals surface area contributed by atoms with Gasteiger partial charge in [-0.25, -0.2) is 0 Å². The molecule has 0 bridgehead atoms. The number of ketones is 1. The van der Waals surface area contributed by atoms with Crippen LogP contribution in [0.15, 0.2) is 91.0 Å². The molecule has 0 radical (unpaired) electrons. The van der Waals surface area contributed by atoms with Crippen LogP contribution in [0.2, 0.25) is 0 Å². The van der Waals surface area contributed by atoms with Gasteiger partial charge in [0, 0.05) is 24.0 Å². The Morgan fingerprint density at radius 1 is 0.509 bits per heavy atom. The second-order valence-corrected chi connectivity index (χ2v) is 19.9. The Morgan fingerprint density at radius 2 is 0.836 bits per heavy atom. The minimum atomic E-state index is -0.711. The van der Waals surface area contributed by atoms with Crippen LogP contribution in [0.1, 0.15) is 128 Å². The highest BCUT2D eigenvalue weighted by molar-refractivity contribution is 7.67. The molecule has 0 aliphatic carbocycles. The monoisotopic (exact) mass is 752 g/mol. The van der Waals surface area contributed by atoms with Gasteiger partial charge in [-0.1, -0.05) is 156 Å². The number of carbonyl (C=O) groups is 1. The molecule has 2 atom stereocenters. The Morgan fingerprint density at radius 3 is 1.16 bits per heavy atom. The first kappa shape index (κ1) is 40.5. The zero-order valence-corrected chi connectivity index (χ0v) is 36.1. The van der Waals surface area contributed by atoms with Crippen molar-refractivity contribution in [3.63, 3.8) is 0 Å². The summed E-state index contributed by atoms with van der Waals surface area (Å²) in [6, 6.07) is 33.6. The quantitative estimate of drug-likeness (QED) is 0.126. The van der Waals surface area contributed by atoms with Crippen LogP contribution in [0.25, 0.3) is 44.5 Å². The molecule has 5 aromatic carbocycles. The number of carbonyl (C=O) groups excluding carboxylic acids is 1. The van der Waals surface area contributed by atoms with Gasteiger partial charge in [0.25, 0.3) is 0 Å². The van der Waals surface area contributed by atoms with Crippen molar-refractivity contribution in [3.05, 3.63) is 113 Å². The summed E-state index contributed by atoms with van der Waals surface area (Å²) in [5.41, 5.74) is 16.0. The molecule has 1 heterocycles. The molecule has 5 aromatic rings. The Bertz CT molecular complexity index is 1970. The average Bonchev–Trinajstić information content (AvgIpc) is 3.16. The molecule has 2 unspecified atom stereocenters. The maximum Gasteiger partial charge on any atom is 0.134 e. The predicted octanol–water partition coefficient (Wildman–Crippen LogP) is 14.1. The van der Waals surface area contributed by atoms with Crippen LogP contribution < -0.4 is 14.8 Å². The first-order valence-corrected chi connectivity index (χ1v) is 21.8. The first-order chi connectivity index (χ1) is 26.3. The van der Waals surface area contributed by atoms with Gasteiger partial charge in [-0.3, -0.25) is 4.79 Å². The van der Waals surface area contributed by atoms with Gasteiger partial charge in [-0.2, -0.15) is 0 Å². The maximum atomic E-state index is 13.2. The third-order valence-corrected chi connectivity index (χ3v) is 14.8. The minimum absolute atomic E-state index is 0.279. The van der Waals surface area contributed by atoms with E-state index in [0.29, 0.717) is 18.6 Å². The summed E-state index contributed by atoms with van der Waals surface area (Å²) in [5.74, 6) is 3.31. The van der Waals surface area contributed by atoms with Crippen molar-refractivity contribution >= 4 is 19.0 Å². The van der Waals surface area contributed by atoms with E-state index in [1.807, 2.05) is 12.1 Å². The van der Waals surface area contributed by atoms with Crippen molar-refractivity contribution in [1.29, 1.82) is 0 Å². The van der Waals surface area contributed by atoms with E-state index in [1.165, 1.54) is 60.9 Å². The second kappa shape index (κ2) is 16.9. The summed E-state index contributed by atoms with van der Waals surface area (Å²) in [4.78, 5) is 13.2. The van der Waals surface area contributed by atoms with Crippen LogP contribution >= 0.6 is 7.92 Å². The summed E-state index contributed by atoms with van der Waals surface area (Å²) in [6.45, 7) is 23.3. The third kappa shape index (κ3) is 7.93. The molecule has 6 rings (SSSR count). The molecule has 1 fully saturated rings. The largest absolute Gasteiger partial charge is 0.496 e. The molecule has 1 aliphatic rings. The van der Waals surface area contributed by atoms with Crippen LogP contribution in [0.4, 0.5) is 0 Å². The lowest BCUT2D eigenvalue weighted by Gasteiger charge is -2.39. The fourth-order valence-electron chi connectivity index (χ4n) is 8.94. The fourth-order valence-corrected chi connectivity index (χ4v) is 12.4. The molecule has 3 nitrogen and oxygen atoms in total. The summed E-state index contributed by atoms with van der Waals surface area (Å²) in [5, 5.41) is 1.47. The standard InChI is InChI=1S/C51H61O3P/c1-30(2)43-26-36(39-18-13-15-22-47(39)53-11)27-44(31(3)4)49(43)41-20-17-21-42(51(41)55-34(9)24-38(52)25-35(55)10)50-45(32(5)6)28-37(29-46(50)33(7)8)40-19-14-16-23-48(40)54-12/h13-23,26-35H,24-25H2,1-12H3. The van der Waals surface area contributed by atoms with Gasteiger partial charge in [0.2, 0.25) is 0 Å². The molecule has 0 saturated carbocycles. The summed E-state index contributed by atoms with van der Waals surface area (Å²) in [6.07, 6.45) is 1.29. The zero-order valence-electron chi connectivity index (χ0n) is 35.2. The van der Waals surface area contributed by atoms with E-state index in [0.717, 1.165) is 22.6 Å². The highest BCUT2D eigenvalue weighted by Gasteiger charge is 2.37. The fraction of sp³-hybridized carbons (Fsp3) is 0.392. The van der Waals surface area contributed by atoms with Crippen molar-refractivity contribution < 1.29 is 14.3 Å². The summed E-state index contributed by atoms with van der Waals surface area (Å²) in [7, 11) is 2.81. The van der Waals surface area contributed by atoms with Crippen molar-refractivity contribution in [3.8, 4) is 56.0 Å². The van der Waals surface area contributed by atoms with Gasteiger partial charge >= 0.3 is 0 Å². The highest BCUT2D eigenvalue weighted by Crippen LogP contribution is 2.57. The lowest BCUT2D eigenvalue weighted by atomic mass is 9.79. The Labute approximate surface area is 332 Å². The number of hydrogen-bond acceptors (Lipinski definition) is 3. The molecule has 288 valence electrons. The van der Waals surface area contributed by atoms with E-state index in [-0.39, 0.29) is 35.0 Å². The SMILES string of the molecule is COc1ccccc1-c1cc(C(C)C)c(-c2cccc(-c3c(C(C)C)cc(-c4ccccc4OC)cc3C(C)C)c2P2C(C)CC(=O)CC2C)c(C(C)C)c1. The van der Waals surface area contributed by atoms with Gasteiger partial charge < -0.3 is 9.47 Å². The van der Waals surface area contributed by atoms with E-state index in [2.05, 4.69) is 148 Å². The van der Waals surface area contributed by atoms with Gasteiger partial charge in [0.15, 0.2) is 0 Å². The molecule has 0 amide bonds. The first-order valence-electron chi connectivity index (χ1n) is 20.3. The molecule has 4 heteroatoms. The van der Waals surface area contributed by atoms with Gasteiger partial charge in [-0.15, -0.1) is 0 Å². The van der Waals surface area contributed by atoms with E-state index in [1.54, 1.807) is 14.2 Å². The predicted molar refractivity (Wildman–Crippen MR) is 237 cm³/mol. The van der Waals surface area contributed by atoms with Crippen LogP contribution in [0, 0.1) is 0 Å². The van der Waals surface area contributed by atoms with Crippen molar-refractivity contribution in [1.82, 2.24) is 0 Å². The Balaban J connectivity index is 1.75. The lowest BCUT2D eigenvalue weighted by molar-refractivity contribution is -0.119. The molecule has 1 aliphatic heterocycles.